The van der Waals surface area contributed by atoms with Gasteiger partial charge in [0.2, 0.25) is 5.82 Å². The van der Waals surface area contributed by atoms with Crippen LogP contribution < -0.4 is 0 Å². The van der Waals surface area contributed by atoms with Crippen LogP contribution in [0.2, 0.25) is 0 Å². The van der Waals surface area contributed by atoms with Gasteiger partial charge in [-0.05, 0) is 6.92 Å². The lowest BCUT2D eigenvalue weighted by atomic mass is 10.3. The smallest absolute Gasteiger partial charge is 0.232 e. The fourth-order valence-electron chi connectivity index (χ4n) is 0.763. The summed E-state index contributed by atoms with van der Waals surface area (Å²) in [6, 6.07) is 0. The second-order valence-electron chi connectivity index (χ2n) is 2.34. The van der Waals surface area contributed by atoms with Gasteiger partial charge in [-0.3, -0.25) is 0 Å². The van der Waals surface area contributed by atoms with Crippen LogP contribution in [0, 0.1) is 0 Å². The summed E-state index contributed by atoms with van der Waals surface area (Å²) < 4.78 is 35.9. The second-order valence-corrected chi connectivity index (χ2v) is 2.34. The Labute approximate surface area is 73.1 Å². The molecule has 5 heteroatoms. The van der Waals surface area contributed by atoms with Crippen molar-refractivity contribution in [2.75, 3.05) is 0 Å². The van der Waals surface area contributed by atoms with Gasteiger partial charge >= 0.3 is 6.18 Å². The monoisotopic (exact) mass is 188 g/mol. The summed E-state index contributed by atoms with van der Waals surface area (Å²) in [5.41, 5.74) is 0.551. The van der Waals surface area contributed by atoms with Crippen LogP contribution in [0.4, 0.5) is 13.2 Å². The lowest BCUT2D eigenvalue weighted by Gasteiger charge is -2.03. The summed E-state index contributed by atoms with van der Waals surface area (Å²) in [5, 5.41) is 0. The van der Waals surface area contributed by atoms with Gasteiger partial charge in [0, 0.05) is 18.0 Å². The van der Waals surface area contributed by atoms with Crippen molar-refractivity contribution < 1.29 is 13.2 Å². The molecule has 0 unspecified atom stereocenters. The van der Waals surface area contributed by atoms with Gasteiger partial charge in [0.15, 0.2) is 0 Å². The summed E-state index contributed by atoms with van der Waals surface area (Å²) in [5.74, 6) is -1.11. The molecule has 0 amide bonds. The Morgan fingerprint density at radius 3 is 2.15 bits per heavy atom. The van der Waals surface area contributed by atoms with Crippen LogP contribution in [0.5, 0.6) is 0 Å². The van der Waals surface area contributed by atoms with Gasteiger partial charge in [-0.1, -0.05) is 12.2 Å². The van der Waals surface area contributed by atoms with Crippen LogP contribution in [0.3, 0.4) is 0 Å². The third kappa shape index (κ3) is 2.54. The van der Waals surface area contributed by atoms with E-state index in [9.17, 15) is 13.2 Å². The standard InChI is InChI=1S/C8H7F3N2/c1-2-3-6-4-12-7(13-5-6)8(9,10)11/h2-5H,1H3. The summed E-state index contributed by atoms with van der Waals surface area (Å²) in [6.07, 6.45) is 1.13. The van der Waals surface area contributed by atoms with Crippen LogP contribution in [0.15, 0.2) is 18.5 Å². The molecule has 1 aromatic heterocycles. The van der Waals surface area contributed by atoms with Crippen molar-refractivity contribution in [3.05, 3.63) is 29.9 Å². The molecular formula is C8H7F3N2. The third-order valence-corrected chi connectivity index (χ3v) is 1.28. The van der Waals surface area contributed by atoms with E-state index in [2.05, 4.69) is 9.97 Å². The Morgan fingerprint density at radius 1 is 1.23 bits per heavy atom. The molecule has 1 heterocycles. The largest absolute Gasteiger partial charge is 0.451 e. The molecule has 70 valence electrons. The molecule has 0 aliphatic heterocycles. The minimum Gasteiger partial charge on any atom is -0.232 e. The first-order valence-corrected chi connectivity index (χ1v) is 3.56. The van der Waals surface area contributed by atoms with E-state index in [4.69, 9.17) is 0 Å². The van der Waals surface area contributed by atoms with E-state index < -0.39 is 12.0 Å². The molecule has 0 saturated carbocycles. The van der Waals surface area contributed by atoms with Crippen molar-refractivity contribution in [3.63, 3.8) is 0 Å². The zero-order valence-corrected chi connectivity index (χ0v) is 6.84. The number of allylic oxidation sites excluding steroid dienone is 1. The molecule has 0 saturated heterocycles. The molecule has 2 nitrogen and oxygen atoms in total. The Kier molecular flexibility index (Phi) is 2.65. The highest BCUT2D eigenvalue weighted by Gasteiger charge is 2.34. The minimum atomic E-state index is -4.46. The van der Waals surface area contributed by atoms with Gasteiger partial charge in [0.25, 0.3) is 0 Å². The summed E-state index contributed by atoms with van der Waals surface area (Å²) in [7, 11) is 0. The predicted molar refractivity (Wildman–Crippen MR) is 41.7 cm³/mol. The molecule has 0 radical (unpaired) electrons. The van der Waals surface area contributed by atoms with Crippen molar-refractivity contribution in [2.45, 2.75) is 13.1 Å². The van der Waals surface area contributed by atoms with E-state index in [1.807, 2.05) is 0 Å². The Hall–Kier alpha value is -1.39. The average Bonchev–Trinajstić information content (AvgIpc) is 2.04. The maximum absolute atomic E-state index is 12.0. The van der Waals surface area contributed by atoms with E-state index in [-0.39, 0.29) is 0 Å². The number of aromatic nitrogens is 2. The maximum Gasteiger partial charge on any atom is 0.451 e. The highest BCUT2D eigenvalue weighted by molar-refractivity contribution is 5.45. The highest BCUT2D eigenvalue weighted by atomic mass is 19.4. The van der Waals surface area contributed by atoms with Gasteiger partial charge in [-0.25, -0.2) is 9.97 Å². The van der Waals surface area contributed by atoms with Gasteiger partial charge in [0.1, 0.15) is 0 Å². The zero-order chi connectivity index (χ0) is 9.90. The second kappa shape index (κ2) is 3.55. The molecule has 0 atom stereocenters. The average molecular weight is 188 g/mol. The number of rotatable bonds is 1. The Balaban J connectivity index is 2.94. The maximum atomic E-state index is 12.0. The van der Waals surface area contributed by atoms with Crippen LogP contribution in [0.25, 0.3) is 6.08 Å². The molecule has 0 fully saturated rings. The van der Waals surface area contributed by atoms with E-state index in [0.717, 1.165) is 12.4 Å². The van der Waals surface area contributed by atoms with Crippen LogP contribution in [-0.2, 0) is 6.18 Å². The van der Waals surface area contributed by atoms with E-state index in [1.54, 1.807) is 19.1 Å². The van der Waals surface area contributed by atoms with Crippen molar-refractivity contribution in [1.82, 2.24) is 9.97 Å². The predicted octanol–water partition coefficient (Wildman–Crippen LogP) is 2.53. The van der Waals surface area contributed by atoms with E-state index >= 15 is 0 Å². The topological polar surface area (TPSA) is 25.8 Å². The molecule has 13 heavy (non-hydrogen) atoms. The van der Waals surface area contributed by atoms with Crippen molar-refractivity contribution in [1.29, 1.82) is 0 Å². The molecule has 0 aliphatic rings. The van der Waals surface area contributed by atoms with Gasteiger partial charge in [-0.2, -0.15) is 13.2 Å². The molecule has 1 rings (SSSR count). The Bertz CT molecular complexity index is 300. The van der Waals surface area contributed by atoms with Crippen LogP contribution in [0.1, 0.15) is 18.3 Å². The summed E-state index contributed by atoms with van der Waals surface area (Å²) >= 11 is 0. The van der Waals surface area contributed by atoms with Crippen LogP contribution >= 0.6 is 0 Å². The fourth-order valence-corrected chi connectivity index (χ4v) is 0.763. The molecule has 1 aromatic rings. The van der Waals surface area contributed by atoms with Gasteiger partial charge in [0.05, 0.1) is 0 Å². The number of hydrogen-bond acceptors (Lipinski definition) is 2. The first-order valence-electron chi connectivity index (χ1n) is 3.56. The SMILES string of the molecule is CC=Cc1cnc(C(F)(F)F)nc1. The molecule has 0 aromatic carbocycles. The van der Waals surface area contributed by atoms with Crippen molar-refractivity contribution >= 4 is 6.08 Å². The number of hydrogen-bond donors (Lipinski definition) is 0. The highest BCUT2D eigenvalue weighted by Crippen LogP contribution is 2.25. The minimum absolute atomic E-state index is 0.551. The normalized spacial score (nSPS) is 12.3. The van der Waals surface area contributed by atoms with Gasteiger partial charge < -0.3 is 0 Å². The van der Waals surface area contributed by atoms with Crippen LogP contribution in [-0.4, -0.2) is 9.97 Å². The molecule has 0 bridgehead atoms. The molecular weight excluding hydrogens is 181 g/mol. The molecule has 0 spiro atoms. The summed E-state index contributed by atoms with van der Waals surface area (Å²) in [4.78, 5) is 6.36. The molecule has 0 aliphatic carbocycles. The number of halogens is 3. The molecule has 0 N–H and O–H groups in total. The first-order chi connectivity index (χ1) is 6.04. The fraction of sp³-hybridized carbons (Fsp3) is 0.250. The lowest BCUT2D eigenvalue weighted by Crippen LogP contribution is -2.10. The van der Waals surface area contributed by atoms with Crippen molar-refractivity contribution in [2.24, 2.45) is 0 Å². The van der Waals surface area contributed by atoms with E-state index in [1.165, 1.54) is 0 Å². The summed E-state index contributed by atoms with van der Waals surface area (Å²) in [6.45, 7) is 1.76. The lowest BCUT2D eigenvalue weighted by molar-refractivity contribution is -0.145. The third-order valence-electron chi connectivity index (χ3n) is 1.28. The zero-order valence-electron chi connectivity index (χ0n) is 6.84. The number of alkyl halides is 3. The van der Waals surface area contributed by atoms with Crippen molar-refractivity contribution in [3.8, 4) is 0 Å². The van der Waals surface area contributed by atoms with Gasteiger partial charge in [-0.15, -0.1) is 0 Å². The Morgan fingerprint density at radius 2 is 1.77 bits per heavy atom. The quantitative estimate of drug-likeness (QED) is 0.676. The first kappa shape index (κ1) is 9.70. The number of nitrogens with zero attached hydrogens (tertiary/aromatic N) is 2. The van der Waals surface area contributed by atoms with E-state index in [0.29, 0.717) is 5.56 Å².